The van der Waals surface area contributed by atoms with Gasteiger partial charge in [-0.15, -0.1) is 0 Å². The fourth-order valence-corrected chi connectivity index (χ4v) is 2.35. The fraction of sp³-hybridized carbons (Fsp3) is 0.385. The van der Waals surface area contributed by atoms with E-state index in [2.05, 4.69) is 20.5 Å². The Labute approximate surface area is 121 Å². The average Bonchev–Trinajstić information content (AvgIpc) is 2.99. The molecule has 0 aliphatic carbocycles. The van der Waals surface area contributed by atoms with E-state index in [4.69, 9.17) is 21.1 Å². The van der Waals surface area contributed by atoms with Crippen LogP contribution < -0.4 is 14.8 Å². The zero-order valence-electron chi connectivity index (χ0n) is 11.0. The van der Waals surface area contributed by atoms with Crippen molar-refractivity contribution in [2.45, 2.75) is 19.5 Å². The summed E-state index contributed by atoms with van der Waals surface area (Å²) < 4.78 is 11.1. The third-order valence-electron chi connectivity index (χ3n) is 3.11. The summed E-state index contributed by atoms with van der Waals surface area (Å²) in [5.41, 5.74) is 1.03. The maximum atomic E-state index is 6.20. The minimum Gasteiger partial charge on any atom is -0.486 e. The minimum absolute atomic E-state index is 0.0736. The molecule has 0 bridgehead atoms. The largest absolute Gasteiger partial charge is 0.486 e. The van der Waals surface area contributed by atoms with E-state index in [0.29, 0.717) is 36.3 Å². The van der Waals surface area contributed by atoms with Gasteiger partial charge in [-0.3, -0.25) is 5.10 Å². The second-order valence-corrected chi connectivity index (χ2v) is 4.98. The molecule has 2 N–H and O–H groups in total. The molecule has 0 fully saturated rings. The number of benzene rings is 1. The van der Waals surface area contributed by atoms with Crippen LogP contribution >= 0.6 is 11.6 Å². The molecule has 0 radical (unpaired) electrons. The molecule has 2 aromatic rings. The average molecular weight is 295 g/mol. The molecule has 3 rings (SSSR count). The van der Waals surface area contributed by atoms with Crippen LogP contribution in [0.3, 0.4) is 0 Å². The van der Waals surface area contributed by atoms with Crippen molar-refractivity contribution in [3.63, 3.8) is 0 Å². The highest BCUT2D eigenvalue weighted by Crippen LogP contribution is 2.38. The molecule has 0 saturated heterocycles. The van der Waals surface area contributed by atoms with Crippen molar-refractivity contribution in [2.24, 2.45) is 0 Å². The van der Waals surface area contributed by atoms with Crippen molar-refractivity contribution < 1.29 is 9.47 Å². The zero-order valence-corrected chi connectivity index (χ0v) is 11.8. The lowest BCUT2D eigenvalue weighted by Gasteiger charge is -2.20. The second-order valence-electron chi connectivity index (χ2n) is 4.58. The molecule has 1 aromatic heterocycles. The Hall–Kier alpha value is -1.79. The molecule has 6 nitrogen and oxygen atoms in total. The van der Waals surface area contributed by atoms with E-state index in [-0.39, 0.29) is 6.04 Å². The first-order valence-corrected chi connectivity index (χ1v) is 6.78. The van der Waals surface area contributed by atoms with Crippen molar-refractivity contribution in [1.82, 2.24) is 20.5 Å². The summed E-state index contributed by atoms with van der Waals surface area (Å²) in [7, 11) is 0. The fourth-order valence-electron chi connectivity index (χ4n) is 2.06. The topological polar surface area (TPSA) is 72.1 Å². The highest BCUT2D eigenvalue weighted by Gasteiger charge is 2.17. The first-order chi connectivity index (χ1) is 9.74. The molecule has 1 aliphatic heterocycles. The maximum Gasteiger partial charge on any atom is 0.179 e. The number of rotatable bonds is 4. The lowest BCUT2D eigenvalue weighted by Crippen LogP contribution is -2.20. The number of halogens is 1. The van der Waals surface area contributed by atoms with Gasteiger partial charge >= 0.3 is 0 Å². The third kappa shape index (κ3) is 2.71. The van der Waals surface area contributed by atoms with Gasteiger partial charge in [0, 0.05) is 6.54 Å². The van der Waals surface area contributed by atoms with Gasteiger partial charge in [0.15, 0.2) is 11.5 Å². The molecule has 1 atom stereocenters. The first kappa shape index (κ1) is 13.2. The SMILES string of the molecule is CC(NCc1cc(Cl)c2c(c1)OCCO2)c1ncn[nH]1. The van der Waals surface area contributed by atoms with Gasteiger partial charge in [0.1, 0.15) is 25.4 Å². The molecule has 106 valence electrons. The predicted molar refractivity (Wildman–Crippen MR) is 74.1 cm³/mol. The quantitative estimate of drug-likeness (QED) is 0.903. The van der Waals surface area contributed by atoms with Crippen LogP contribution in [-0.2, 0) is 6.54 Å². The predicted octanol–water partition coefficient (Wildman–Crippen LogP) is 2.08. The smallest absolute Gasteiger partial charge is 0.179 e. The number of fused-ring (bicyclic) bond motifs is 1. The van der Waals surface area contributed by atoms with E-state index in [1.807, 2.05) is 19.1 Å². The molecule has 20 heavy (non-hydrogen) atoms. The lowest BCUT2D eigenvalue weighted by molar-refractivity contribution is 0.171. The van der Waals surface area contributed by atoms with Crippen LogP contribution in [0.2, 0.25) is 5.02 Å². The Morgan fingerprint density at radius 1 is 1.40 bits per heavy atom. The summed E-state index contributed by atoms with van der Waals surface area (Å²) >= 11 is 6.20. The van der Waals surface area contributed by atoms with E-state index >= 15 is 0 Å². The summed E-state index contributed by atoms with van der Waals surface area (Å²) in [6, 6.07) is 3.90. The van der Waals surface area contributed by atoms with Gasteiger partial charge in [-0.05, 0) is 24.6 Å². The second kappa shape index (κ2) is 5.68. The first-order valence-electron chi connectivity index (χ1n) is 6.40. The summed E-state index contributed by atoms with van der Waals surface area (Å²) in [6.07, 6.45) is 1.49. The molecule has 0 amide bonds. The van der Waals surface area contributed by atoms with Gasteiger partial charge in [0.05, 0.1) is 11.1 Å². The Bertz CT molecular complexity index is 588. The molecular formula is C13H15ClN4O2. The molecule has 1 aromatic carbocycles. The van der Waals surface area contributed by atoms with E-state index in [1.165, 1.54) is 6.33 Å². The highest BCUT2D eigenvalue weighted by molar-refractivity contribution is 6.32. The molecule has 2 heterocycles. The number of hydrogen-bond donors (Lipinski definition) is 2. The molecule has 0 saturated carbocycles. The monoisotopic (exact) mass is 294 g/mol. The van der Waals surface area contributed by atoms with E-state index in [0.717, 1.165) is 11.4 Å². The van der Waals surface area contributed by atoms with Crippen LogP contribution in [0.15, 0.2) is 18.5 Å². The molecule has 1 aliphatic rings. The van der Waals surface area contributed by atoms with Crippen LogP contribution in [0.25, 0.3) is 0 Å². The summed E-state index contributed by atoms with van der Waals surface area (Å²) in [5, 5.41) is 10.6. The van der Waals surface area contributed by atoms with Gasteiger partial charge < -0.3 is 14.8 Å². The van der Waals surface area contributed by atoms with Crippen LogP contribution in [0.5, 0.6) is 11.5 Å². The van der Waals surface area contributed by atoms with Crippen LogP contribution in [0.4, 0.5) is 0 Å². The number of nitrogens with one attached hydrogen (secondary N) is 2. The number of ether oxygens (including phenoxy) is 2. The van der Waals surface area contributed by atoms with Gasteiger partial charge in [-0.2, -0.15) is 5.10 Å². The normalized spacial score (nSPS) is 15.1. The Balaban J connectivity index is 1.70. The molecular weight excluding hydrogens is 280 g/mol. The number of hydrogen-bond acceptors (Lipinski definition) is 5. The number of aromatic amines is 1. The number of nitrogens with zero attached hydrogens (tertiary/aromatic N) is 2. The third-order valence-corrected chi connectivity index (χ3v) is 3.39. The molecule has 0 spiro atoms. The van der Waals surface area contributed by atoms with Crippen molar-refractivity contribution in [1.29, 1.82) is 0 Å². The van der Waals surface area contributed by atoms with E-state index in [9.17, 15) is 0 Å². The minimum atomic E-state index is 0.0736. The Morgan fingerprint density at radius 3 is 3.05 bits per heavy atom. The zero-order chi connectivity index (χ0) is 13.9. The van der Waals surface area contributed by atoms with E-state index < -0.39 is 0 Å². The highest BCUT2D eigenvalue weighted by atomic mass is 35.5. The Kier molecular flexibility index (Phi) is 3.75. The Morgan fingerprint density at radius 2 is 2.25 bits per heavy atom. The van der Waals surface area contributed by atoms with E-state index in [1.54, 1.807) is 0 Å². The number of aromatic nitrogens is 3. The van der Waals surface area contributed by atoms with Crippen molar-refractivity contribution >= 4 is 11.6 Å². The summed E-state index contributed by atoms with van der Waals surface area (Å²) in [4.78, 5) is 4.12. The van der Waals surface area contributed by atoms with Gasteiger partial charge in [-0.1, -0.05) is 11.6 Å². The number of H-pyrrole nitrogens is 1. The summed E-state index contributed by atoms with van der Waals surface area (Å²) in [5.74, 6) is 2.13. The lowest BCUT2D eigenvalue weighted by atomic mass is 10.1. The molecule has 1 unspecified atom stereocenters. The summed E-state index contributed by atoms with van der Waals surface area (Å²) in [6.45, 7) is 3.75. The maximum absolute atomic E-state index is 6.20. The van der Waals surface area contributed by atoms with Crippen molar-refractivity contribution in [2.75, 3.05) is 13.2 Å². The van der Waals surface area contributed by atoms with Crippen LogP contribution in [0, 0.1) is 0 Å². The molecule has 7 heteroatoms. The standard InChI is InChI=1S/C13H15ClN4O2/c1-8(13-16-7-17-18-13)15-6-9-4-10(14)12-11(5-9)19-2-3-20-12/h4-5,7-8,15H,2-3,6H2,1H3,(H,16,17,18). The van der Waals surface area contributed by atoms with Crippen LogP contribution in [0.1, 0.15) is 24.4 Å². The van der Waals surface area contributed by atoms with Gasteiger partial charge in [0.2, 0.25) is 0 Å². The van der Waals surface area contributed by atoms with Gasteiger partial charge in [0.25, 0.3) is 0 Å². The van der Waals surface area contributed by atoms with Crippen molar-refractivity contribution in [3.05, 3.63) is 34.9 Å². The van der Waals surface area contributed by atoms with Crippen LogP contribution in [-0.4, -0.2) is 28.4 Å². The van der Waals surface area contributed by atoms with Gasteiger partial charge in [-0.25, -0.2) is 4.98 Å². The van der Waals surface area contributed by atoms with Crippen molar-refractivity contribution in [3.8, 4) is 11.5 Å².